The van der Waals surface area contributed by atoms with Crippen molar-refractivity contribution in [3.05, 3.63) is 29.3 Å². The molecule has 2 heterocycles. The highest BCUT2D eigenvalue weighted by molar-refractivity contribution is 5.94. The Morgan fingerprint density at radius 3 is 3.23 bits per heavy atom. The standard InChI is InChI=1S/C18H26N2O2/c1-14-4-2-9-20(13-14)10-3-8-19-18(21)16-5-6-17-15(12-16)7-11-22-17/h5-6,12,14H,2-4,7-11,13H2,1H3,(H,19,21)/t14-/m1/s1. The number of hydrogen-bond donors (Lipinski definition) is 1. The highest BCUT2D eigenvalue weighted by Gasteiger charge is 2.16. The maximum Gasteiger partial charge on any atom is 0.251 e. The molecular weight excluding hydrogens is 276 g/mol. The van der Waals surface area contributed by atoms with Crippen molar-refractivity contribution in [2.45, 2.75) is 32.6 Å². The lowest BCUT2D eigenvalue weighted by Gasteiger charge is -2.30. The number of carbonyl (C=O) groups is 1. The summed E-state index contributed by atoms with van der Waals surface area (Å²) in [4.78, 5) is 14.7. The zero-order valence-electron chi connectivity index (χ0n) is 13.4. The molecule has 120 valence electrons. The van der Waals surface area contributed by atoms with Gasteiger partial charge in [-0.1, -0.05) is 6.92 Å². The van der Waals surface area contributed by atoms with E-state index in [0.717, 1.165) is 55.3 Å². The normalized spacial score (nSPS) is 21.2. The Hall–Kier alpha value is -1.55. The van der Waals surface area contributed by atoms with E-state index in [1.807, 2.05) is 18.2 Å². The molecule has 1 aromatic carbocycles. The van der Waals surface area contributed by atoms with E-state index in [0.29, 0.717) is 0 Å². The number of nitrogens with zero attached hydrogens (tertiary/aromatic N) is 1. The number of likely N-dealkylation sites (tertiary alicyclic amines) is 1. The largest absolute Gasteiger partial charge is 0.493 e. The smallest absolute Gasteiger partial charge is 0.251 e. The molecule has 0 aromatic heterocycles. The number of ether oxygens (including phenoxy) is 1. The Morgan fingerprint density at radius 2 is 2.36 bits per heavy atom. The van der Waals surface area contributed by atoms with Gasteiger partial charge in [0.2, 0.25) is 0 Å². The van der Waals surface area contributed by atoms with Crippen LogP contribution in [0.1, 0.15) is 42.1 Å². The zero-order valence-corrected chi connectivity index (χ0v) is 13.4. The summed E-state index contributed by atoms with van der Waals surface area (Å²) in [7, 11) is 0. The molecule has 1 aromatic rings. The van der Waals surface area contributed by atoms with E-state index in [2.05, 4.69) is 17.1 Å². The topological polar surface area (TPSA) is 41.6 Å². The fraction of sp³-hybridized carbons (Fsp3) is 0.611. The molecule has 2 aliphatic rings. The Kier molecular flexibility index (Phi) is 4.98. The van der Waals surface area contributed by atoms with Gasteiger partial charge in [0, 0.05) is 25.1 Å². The van der Waals surface area contributed by atoms with E-state index >= 15 is 0 Å². The van der Waals surface area contributed by atoms with Crippen LogP contribution in [0.5, 0.6) is 5.75 Å². The second-order valence-electron chi connectivity index (χ2n) is 6.58. The molecule has 0 aliphatic carbocycles. The van der Waals surface area contributed by atoms with Crippen LogP contribution in [-0.4, -0.2) is 43.6 Å². The summed E-state index contributed by atoms with van der Waals surface area (Å²) in [6, 6.07) is 5.72. The summed E-state index contributed by atoms with van der Waals surface area (Å²) in [5, 5.41) is 3.03. The van der Waals surface area contributed by atoms with Gasteiger partial charge in [-0.2, -0.15) is 0 Å². The second kappa shape index (κ2) is 7.14. The molecular formula is C18H26N2O2. The molecule has 1 atom stereocenters. The third kappa shape index (κ3) is 3.80. The maximum atomic E-state index is 12.2. The van der Waals surface area contributed by atoms with Gasteiger partial charge in [0.05, 0.1) is 6.61 Å². The van der Waals surface area contributed by atoms with Gasteiger partial charge in [0.15, 0.2) is 0 Å². The van der Waals surface area contributed by atoms with Crippen LogP contribution in [0.25, 0.3) is 0 Å². The van der Waals surface area contributed by atoms with E-state index in [4.69, 9.17) is 4.74 Å². The van der Waals surface area contributed by atoms with Crippen molar-refractivity contribution in [3.8, 4) is 5.75 Å². The Bertz CT molecular complexity index is 530. The quantitative estimate of drug-likeness (QED) is 0.850. The lowest BCUT2D eigenvalue weighted by atomic mass is 10.0. The van der Waals surface area contributed by atoms with Gasteiger partial charge in [-0.15, -0.1) is 0 Å². The summed E-state index contributed by atoms with van der Waals surface area (Å²) in [6.07, 6.45) is 4.59. The van der Waals surface area contributed by atoms with E-state index in [1.165, 1.54) is 25.9 Å². The highest BCUT2D eigenvalue weighted by Crippen LogP contribution is 2.25. The molecule has 4 heteroatoms. The molecule has 0 saturated carbocycles. The van der Waals surface area contributed by atoms with Gasteiger partial charge in [-0.05, 0) is 62.0 Å². The number of rotatable bonds is 5. The van der Waals surface area contributed by atoms with E-state index in [9.17, 15) is 4.79 Å². The average Bonchev–Trinajstić information content (AvgIpc) is 2.99. The van der Waals surface area contributed by atoms with Crippen LogP contribution in [0.2, 0.25) is 0 Å². The Labute approximate surface area is 132 Å². The van der Waals surface area contributed by atoms with Gasteiger partial charge in [-0.3, -0.25) is 4.79 Å². The van der Waals surface area contributed by atoms with Gasteiger partial charge in [-0.25, -0.2) is 0 Å². The van der Waals surface area contributed by atoms with Crippen molar-refractivity contribution in [2.75, 3.05) is 32.8 Å². The number of nitrogens with one attached hydrogen (secondary N) is 1. The molecule has 0 bridgehead atoms. The van der Waals surface area contributed by atoms with Gasteiger partial charge < -0.3 is 15.0 Å². The maximum absolute atomic E-state index is 12.2. The van der Waals surface area contributed by atoms with Crippen molar-refractivity contribution in [3.63, 3.8) is 0 Å². The number of carbonyl (C=O) groups excluding carboxylic acids is 1. The minimum atomic E-state index is 0.0294. The third-order valence-corrected chi connectivity index (χ3v) is 4.63. The van der Waals surface area contributed by atoms with E-state index < -0.39 is 0 Å². The molecule has 1 saturated heterocycles. The number of fused-ring (bicyclic) bond motifs is 1. The van der Waals surface area contributed by atoms with Crippen LogP contribution in [0.15, 0.2) is 18.2 Å². The van der Waals surface area contributed by atoms with Crippen LogP contribution in [0, 0.1) is 5.92 Å². The molecule has 1 fully saturated rings. The second-order valence-corrected chi connectivity index (χ2v) is 6.58. The molecule has 2 aliphatic heterocycles. The van der Waals surface area contributed by atoms with Crippen molar-refractivity contribution in [1.29, 1.82) is 0 Å². The Morgan fingerprint density at radius 1 is 1.45 bits per heavy atom. The first-order chi connectivity index (χ1) is 10.7. The fourth-order valence-electron chi connectivity index (χ4n) is 3.42. The zero-order chi connectivity index (χ0) is 15.4. The van der Waals surface area contributed by atoms with Crippen LogP contribution in [-0.2, 0) is 6.42 Å². The molecule has 0 radical (unpaired) electrons. The van der Waals surface area contributed by atoms with Crippen LogP contribution in [0.3, 0.4) is 0 Å². The lowest BCUT2D eigenvalue weighted by Crippen LogP contribution is -2.36. The van der Waals surface area contributed by atoms with E-state index in [-0.39, 0.29) is 5.91 Å². The average molecular weight is 302 g/mol. The first-order valence-electron chi connectivity index (χ1n) is 8.48. The first-order valence-corrected chi connectivity index (χ1v) is 8.48. The highest BCUT2D eigenvalue weighted by atomic mass is 16.5. The van der Waals surface area contributed by atoms with Crippen molar-refractivity contribution < 1.29 is 9.53 Å². The molecule has 22 heavy (non-hydrogen) atoms. The minimum absolute atomic E-state index is 0.0294. The predicted octanol–water partition coefficient (Wildman–Crippen LogP) is 2.47. The van der Waals surface area contributed by atoms with Crippen LogP contribution >= 0.6 is 0 Å². The van der Waals surface area contributed by atoms with Gasteiger partial charge in [0.1, 0.15) is 5.75 Å². The first kappa shape index (κ1) is 15.3. The predicted molar refractivity (Wildman–Crippen MR) is 87.4 cm³/mol. The number of amides is 1. The summed E-state index contributed by atoms with van der Waals surface area (Å²) >= 11 is 0. The monoisotopic (exact) mass is 302 g/mol. The van der Waals surface area contributed by atoms with Gasteiger partial charge in [0.25, 0.3) is 5.91 Å². The van der Waals surface area contributed by atoms with Crippen molar-refractivity contribution in [1.82, 2.24) is 10.2 Å². The fourth-order valence-corrected chi connectivity index (χ4v) is 3.42. The van der Waals surface area contributed by atoms with Crippen LogP contribution < -0.4 is 10.1 Å². The summed E-state index contributed by atoms with van der Waals surface area (Å²) < 4.78 is 5.47. The Balaban J connectivity index is 1.41. The lowest BCUT2D eigenvalue weighted by molar-refractivity contribution is 0.0950. The van der Waals surface area contributed by atoms with E-state index in [1.54, 1.807) is 0 Å². The van der Waals surface area contributed by atoms with Crippen LogP contribution in [0.4, 0.5) is 0 Å². The summed E-state index contributed by atoms with van der Waals surface area (Å²) in [5.74, 6) is 1.77. The molecule has 0 spiro atoms. The summed E-state index contributed by atoms with van der Waals surface area (Å²) in [5.41, 5.74) is 1.89. The number of benzene rings is 1. The summed E-state index contributed by atoms with van der Waals surface area (Å²) in [6.45, 7) is 7.31. The molecule has 1 N–H and O–H groups in total. The minimum Gasteiger partial charge on any atom is -0.493 e. The molecule has 3 rings (SSSR count). The van der Waals surface area contributed by atoms with Gasteiger partial charge >= 0.3 is 0 Å². The van der Waals surface area contributed by atoms with Crippen molar-refractivity contribution in [2.24, 2.45) is 5.92 Å². The SMILES string of the molecule is C[C@@H]1CCCN(CCCNC(=O)c2ccc3c(c2)CCO3)C1. The van der Waals surface area contributed by atoms with Crippen molar-refractivity contribution >= 4 is 5.91 Å². The molecule has 1 amide bonds. The number of hydrogen-bond acceptors (Lipinski definition) is 3. The number of piperidine rings is 1. The molecule has 0 unspecified atom stereocenters. The molecule has 4 nitrogen and oxygen atoms in total. The third-order valence-electron chi connectivity index (χ3n) is 4.63.